The Morgan fingerprint density at radius 2 is 1.69 bits per heavy atom. The Kier molecular flexibility index (Phi) is 2.19. The molecule has 1 aromatic heterocycles. The van der Waals surface area contributed by atoms with Gasteiger partial charge in [-0.05, 0) is 44.6 Å². The lowest BCUT2D eigenvalue weighted by molar-refractivity contribution is -0.514. The zero-order valence-electron chi connectivity index (χ0n) is 10.1. The van der Waals surface area contributed by atoms with Crippen LogP contribution in [0.1, 0.15) is 33.3 Å². The molecule has 0 bridgehead atoms. The normalized spacial score (nSPS) is 22.0. The van der Waals surface area contributed by atoms with Gasteiger partial charge in [-0.3, -0.25) is 4.98 Å². The average Bonchev–Trinajstić information content (AvgIpc) is 2.40. The van der Waals surface area contributed by atoms with Gasteiger partial charge in [-0.25, -0.2) is 0 Å². The largest absolute Gasteiger partial charge is 0.364 e. The molecule has 0 radical (unpaired) electrons. The predicted molar refractivity (Wildman–Crippen MR) is 62.6 cm³/mol. The minimum atomic E-state index is -0.522. The van der Waals surface area contributed by atoms with Crippen LogP contribution >= 0.6 is 0 Å². The van der Waals surface area contributed by atoms with Gasteiger partial charge in [0, 0.05) is 12.4 Å². The van der Waals surface area contributed by atoms with Crippen LogP contribution in [0.25, 0.3) is 0 Å². The molecule has 2 heterocycles. The summed E-state index contributed by atoms with van der Waals surface area (Å²) in [7, 11) is 0. The van der Waals surface area contributed by atoms with E-state index in [1.165, 1.54) is 0 Å². The van der Waals surface area contributed by atoms with Crippen molar-refractivity contribution >= 4 is 5.84 Å². The molecule has 1 aliphatic heterocycles. The molecule has 0 saturated heterocycles. The highest BCUT2D eigenvalue weighted by Crippen LogP contribution is 2.35. The van der Waals surface area contributed by atoms with E-state index in [1.807, 2.05) is 27.7 Å². The Morgan fingerprint density at radius 1 is 1.12 bits per heavy atom. The first-order chi connectivity index (χ1) is 7.36. The van der Waals surface area contributed by atoms with Crippen LogP contribution in [0.2, 0.25) is 0 Å². The second-order valence-corrected chi connectivity index (χ2v) is 5.08. The zero-order valence-corrected chi connectivity index (χ0v) is 10.1. The Morgan fingerprint density at radius 3 is 2.12 bits per heavy atom. The number of pyridine rings is 1. The van der Waals surface area contributed by atoms with E-state index < -0.39 is 5.54 Å². The van der Waals surface area contributed by atoms with Gasteiger partial charge in [0.1, 0.15) is 0 Å². The molecule has 0 spiro atoms. The van der Waals surface area contributed by atoms with Crippen LogP contribution in [0.15, 0.2) is 29.5 Å². The maximum Gasteiger partial charge on any atom is 0.364 e. The molecule has 0 fully saturated rings. The van der Waals surface area contributed by atoms with E-state index in [0.29, 0.717) is 5.84 Å². The summed E-state index contributed by atoms with van der Waals surface area (Å²) in [4.78, 5) is 20.7. The van der Waals surface area contributed by atoms with Crippen molar-refractivity contribution in [3.63, 3.8) is 0 Å². The van der Waals surface area contributed by atoms with Gasteiger partial charge in [-0.1, -0.05) is 9.90 Å². The SMILES string of the molecule is CC1(C)N=C(c2ccncc2)[N+](=O)C1(C)C. The van der Waals surface area contributed by atoms with E-state index in [4.69, 9.17) is 0 Å². The number of nitroso groups, excluding NO2 is 1. The Labute approximate surface area is 95.0 Å². The first-order valence-electron chi connectivity index (χ1n) is 5.34. The first-order valence-corrected chi connectivity index (χ1v) is 5.34. The molecule has 4 nitrogen and oxygen atoms in total. The monoisotopic (exact) mass is 218 g/mol. The summed E-state index contributed by atoms with van der Waals surface area (Å²) in [5, 5.41) is 0. The third-order valence-corrected chi connectivity index (χ3v) is 3.52. The van der Waals surface area contributed by atoms with Crippen molar-refractivity contribution in [3.8, 4) is 0 Å². The van der Waals surface area contributed by atoms with Crippen molar-refractivity contribution in [2.24, 2.45) is 4.99 Å². The maximum absolute atomic E-state index is 12.2. The van der Waals surface area contributed by atoms with Crippen LogP contribution in [0.3, 0.4) is 0 Å². The minimum Gasteiger partial charge on any atom is -0.265 e. The molecule has 0 unspecified atom stereocenters. The second-order valence-electron chi connectivity index (χ2n) is 5.08. The Balaban J connectivity index is 2.51. The maximum atomic E-state index is 12.2. The van der Waals surface area contributed by atoms with Gasteiger partial charge in [0.2, 0.25) is 0 Å². The summed E-state index contributed by atoms with van der Waals surface area (Å²) in [6.07, 6.45) is 3.34. The molecule has 0 atom stereocenters. The predicted octanol–water partition coefficient (Wildman–Crippen LogP) is 2.18. The molecule has 0 aliphatic carbocycles. The van der Waals surface area contributed by atoms with E-state index in [1.54, 1.807) is 24.5 Å². The van der Waals surface area contributed by atoms with Gasteiger partial charge in [0.15, 0.2) is 11.1 Å². The summed E-state index contributed by atoms with van der Waals surface area (Å²) >= 11 is 0. The molecule has 0 N–H and O–H groups in total. The molecular weight excluding hydrogens is 202 g/mol. The average molecular weight is 218 g/mol. The molecule has 0 amide bonds. The molecule has 1 aliphatic rings. The number of hydrogen-bond acceptors (Lipinski definition) is 3. The van der Waals surface area contributed by atoms with Crippen molar-refractivity contribution in [1.29, 1.82) is 0 Å². The lowest BCUT2D eigenvalue weighted by atomic mass is 9.84. The van der Waals surface area contributed by atoms with E-state index in [0.717, 1.165) is 10.3 Å². The molecular formula is C12H16N3O+. The van der Waals surface area contributed by atoms with Crippen molar-refractivity contribution in [3.05, 3.63) is 35.0 Å². The quantitative estimate of drug-likeness (QED) is 0.678. The van der Waals surface area contributed by atoms with Crippen LogP contribution < -0.4 is 0 Å². The van der Waals surface area contributed by atoms with E-state index in [9.17, 15) is 4.91 Å². The number of hydrogen-bond donors (Lipinski definition) is 0. The van der Waals surface area contributed by atoms with Gasteiger partial charge < -0.3 is 0 Å². The molecule has 0 saturated carbocycles. The van der Waals surface area contributed by atoms with Gasteiger partial charge in [0.25, 0.3) is 0 Å². The highest BCUT2D eigenvalue weighted by Gasteiger charge is 2.59. The lowest BCUT2D eigenvalue weighted by Crippen LogP contribution is -2.47. The van der Waals surface area contributed by atoms with Crippen LogP contribution in [0.4, 0.5) is 0 Å². The Hall–Kier alpha value is -1.58. The standard InChI is InChI=1S/C12H16N3O/c1-11(2)12(3,4)15(16)10(14-11)9-5-7-13-8-6-9/h5-8H,1-4H3/q+1. The summed E-state index contributed by atoms with van der Waals surface area (Å²) < 4.78 is 1.00. The smallest absolute Gasteiger partial charge is 0.265 e. The molecule has 84 valence electrons. The fraction of sp³-hybridized carbons (Fsp3) is 0.500. The van der Waals surface area contributed by atoms with Crippen LogP contribution in [-0.2, 0) is 0 Å². The van der Waals surface area contributed by atoms with Crippen molar-refractivity contribution < 1.29 is 4.76 Å². The van der Waals surface area contributed by atoms with Crippen molar-refractivity contribution in [2.45, 2.75) is 38.8 Å². The van der Waals surface area contributed by atoms with Crippen LogP contribution in [0, 0.1) is 4.91 Å². The van der Waals surface area contributed by atoms with Crippen molar-refractivity contribution in [1.82, 2.24) is 4.98 Å². The highest BCUT2D eigenvalue weighted by atomic mass is 16.3. The topological polar surface area (TPSA) is 45.3 Å². The second kappa shape index (κ2) is 3.20. The van der Waals surface area contributed by atoms with Crippen LogP contribution in [-0.4, -0.2) is 26.7 Å². The zero-order chi connectivity index (χ0) is 12.0. The lowest BCUT2D eigenvalue weighted by Gasteiger charge is -2.22. The summed E-state index contributed by atoms with van der Waals surface area (Å²) in [5.41, 5.74) is -0.0810. The molecule has 1 aromatic rings. The third kappa shape index (κ3) is 1.37. The number of nitrogens with zero attached hydrogens (tertiary/aromatic N) is 3. The Bertz CT molecular complexity index is 460. The summed E-state index contributed by atoms with van der Waals surface area (Å²) in [6.45, 7) is 7.79. The molecule has 16 heavy (non-hydrogen) atoms. The van der Waals surface area contributed by atoms with Gasteiger partial charge in [-0.15, -0.1) is 0 Å². The minimum absolute atomic E-state index is 0.382. The van der Waals surface area contributed by atoms with E-state index >= 15 is 0 Å². The summed E-state index contributed by atoms with van der Waals surface area (Å²) in [6, 6.07) is 3.61. The summed E-state index contributed by atoms with van der Waals surface area (Å²) in [5.74, 6) is 0.498. The van der Waals surface area contributed by atoms with Gasteiger partial charge >= 0.3 is 5.84 Å². The fourth-order valence-corrected chi connectivity index (χ4v) is 1.64. The van der Waals surface area contributed by atoms with Crippen LogP contribution in [0.5, 0.6) is 0 Å². The van der Waals surface area contributed by atoms with E-state index in [-0.39, 0.29) is 5.54 Å². The van der Waals surface area contributed by atoms with Gasteiger partial charge in [-0.2, -0.15) is 0 Å². The number of amidine groups is 1. The number of rotatable bonds is 1. The molecule has 4 heteroatoms. The first kappa shape index (κ1) is 10.9. The third-order valence-electron chi connectivity index (χ3n) is 3.52. The molecule has 0 aromatic carbocycles. The molecule has 2 rings (SSSR count). The fourth-order valence-electron chi connectivity index (χ4n) is 1.64. The van der Waals surface area contributed by atoms with Crippen molar-refractivity contribution in [2.75, 3.05) is 0 Å². The van der Waals surface area contributed by atoms with E-state index in [2.05, 4.69) is 9.98 Å². The van der Waals surface area contributed by atoms with Gasteiger partial charge in [0.05, 0.1) is 5.56 Å². The highest BCUT2D eigenvalue weighted by molar-refractivity contribution is 5.93. The number of aromatic nitrogens is 1. The number of aliphatic imine (C=N–C) groups is 1.